The second-order valence-electron chi connectivity index (χ2n) is 4.55. The third-order valence-corrected chi connectivity index (χ3v) is 3.01. The number of halogens is 1. The van der Waals surface area contributed by atoms with Gasteiger partial charge in [0.1, 0.15) is 23.0 Å². The van der Waals surface area contributed by atoms with Gasteiger partial charge in [-0.2, -0.15) is 0 Å². The molecule has 1 heterocycles. The number of benzene rings is 1. The van der Waals surface area contributed by atoms with Crippen LogP contribution in [0, 0.1) is 0 Å². The van der Waals surface area contributed by atoms with Crippen LogP contribution >= 0.6 is 11.6 Å². The molecule has 0 unspecified atom stereocenters. The first-order valence-corrected chi connectivity index (χ1v) is 6.90. The van der Waals surface area contributed by atoms with Gasteiger partial charge in [0.2, 0.25) is 5.88 Å². The Hall–Kier alpha value is -1.81. The summed E-state index contributed by atoms with van der Waals surface area (Å²) in [6.45, 7) is 6.59. The molecule has 0 N–H and O–H groups in total. The van der Waals surface area contributed by atoms with E-state index in [1.165, 1.54) is 6.33 Å². The summed E-state index contributed by atoms with van der Waals surface area (Å²) in [6.07, 6.45) is 1.40. The molecule has 0 aliphatic carbocycles. The zero-order valence-corrected chi connectivity index (χ0v) is 12.5. The predicted octanol–water partition coefficient (Wildman–Crippen LogP) is 4.44. The fraction of sp³-hybridized carbons (Fsp3) is 0.333. The van der Waals surface area contributed by atoms with Crippen molar-refractivity contribution in [2.45, 2.75) is 26.7 Å². The zero-order valence-electron chi connectivity index (χ0n) is 11.8. The minimum Gasteiger partial charge on any atom is -0.494 e. The van der Waals surface area contributed by atoms with E-state index in [2.05, 4.69) is 9.97 Å². The van der Waals surface area contributed by atoms with Gasteiger partial charge in [0.15, 0.2) is 0 Å². The molecular weight excluding hydrogens is 276 g/mol. The summed E-state index contributed by atoms with van der Waals surface area (Å²) in [5, 5.41) is 0.422. The molecule has 0 spiro atoms. The molecule has 0 saturated heterocycles. The van der Waals surface area contributed by atoms with Crippen LogP contribution in [0.25, 0.3) is 0 Å². The Bertz CT molecular complexity index is 588. The van der Waals surface area contributed by atoms with E-state index in [9.17, 15) is 0 Å². The molecule has 0 saturated carbocycles. The van der Waals surface area contributed by atoms with Crippen molar-refractivity contribution in [3.8, 4) is 17.4 Å². The summed E-state index contributed by atoms with van der Waals surface area (Å²) in [5.41, 5.74) is 0.802. The van der Waals surface area contributed by atoms with Gasteiger partial charge in [-0.15, -0.1) is 0 Å². The molecule has 2 aromatic rings. The van der Waals surface area contributed by atoms with Gasteiger partial charge in [-0.3, -0.25) is 0 Å². The second kappa shape index (κ2) is 6.57. The summed E-state index contributed by atoms with van der Waals surface area (Å²) in [4.78, 5) is 8.17. The summed E-state index contributed by atoms with van der Waals surface area (Å²) in [6, 6.07) is 7.43. The molecule has 0 atom stereocenters. The SMILES string of the molecule is CCOc1cccc(Oc2ncnc(Cl)c2C(C)C)c1. The summed E-state index contributed by atoms with van der Waals surface area (Å²) in [5.74, 6) is 2.08. The average Bonchev–Trinajstić information content (AvgIpc) is 2.39. The molecule has 1 aromatic heterocycles. The highest BCUT2D eigenvalue weighted by Crippen LogP contribution is 2.33. The molecule has 20 heavy (non-hydrogen) atoms. The largest absolute Gasteiger partial charge is 0.494 e. The quantitative estimate of drug-likeness (QED) is 0.764. The van der Waals surface area contributed by atoms with Crippen molar-refractivity contribution in [3.05, 3.63) is 41.3 Å². The molecule has 0 bridgehead atoms. The van der Waals surface area contributed by atoms with E-state index < -0.39 is 0 Å². The number of hydrogen-bond donors (Lipinski definition) is 0. The van der Waals surface area contributed by atoms with Crippen LogP contribution in [0.1, 0.15) is 32.3 Å². The number of nitrogens with zero attached hydrogens (tertiary/aromatic N) is 2. The maximum absolute atomic E-state index is 6.12. The lowest BCUT2D eigenvalue weighted by molar-refractivity contribution is 0.337. The third kappa shape index (κ3) is 3.39. The minimum atomic E-state index is 0.175. The molecule has 0 fully saturated rings. The molecule has 1 aromatic carbocycles. The Balaban J connectivity index is 2.30. The summed E-state index contributed by atoms with van der Waals surface area (Å²) < 4.78 is 11.3. The van der Waals surface area contributed by atoms with Gasteiger partial charge in [0, 0.05) is 6.07 Å². The topological polar surface area (TPSA) is 44.2 Å². The predicted molar refractivity (Wildman–Crippen MR) is 78.8 cm³/mol. The molecule has 106 valence electrons. The van der Waals surface area contributed by atoms with Crippen molar-refractivity contribution >= 4 is 11.6 Å². The summed E-state index contributed by atoms with van der Waals surface area (Å²) in [7, 11) is 0. The van der Waals surface area contributed by atoms with Crippen molar-refractivity contribution in [2.24, 2.45) is 0 Å². The smallest absolute Gasteiger partial charge is 0.227 e. The zero-order chi connectivity index (χ0) is 14.5. The van der Waals surface area contributed by atoms with Gasteiger partial charge in [-0.1, -0.05) is 31.5 Å². The van der Waals surface area contributed by atoms with Crippen LogP contribution in [0.5, 0.6) is 17.4 Å². The van der Waals surface area contributed by atoms with E-state index in [-0.39, 0.29) is 5.92 Å². The van der Waals surface area contributed by atoms with E-state index in [4.69, 9.17) is 21.1 Å². The highest BCUT2D eigenvalue weighted by molar-refractivity contribution is 6.30. The average molecular weight is 293 g/mol. The second-order valence-corrected chi connectivity index (χ2v) is 4.91. The van der Waals surface area contributed by atoms with Crippen LogP contribution in [-0.2, 0) is 0 Å². The molecule has 0 amide bonds. The van der Waals surface area contributed by atoms with Gasteiger partial charge in [0.05, 0.1) is 12.2 Å². The van der Waals surface area contributed by atoms with Gasteiger partial charge < -0.3 is 9.47 Å². The Morgan fingerprint density at radius 2 is 1.95 bits per heavy atom. The van der Waals surface area contributed by atoms with Crippen LogP contribution < -0.4 is 9.47 Å². The molecule has 5 heteroatoms. The number of hydrogen-bond acceptors (Lipinski definition) is 4. The lowest BCUT2D eigenvalue weighted by Gasteiger charge is -2.13. The van der Waals surface area contributed by atoms with Crippen LogP contribution in [0.2, 0.25) is 5.15 Å². The number of aromatic nitrogens is 2. The molecule has 0 radical (unpaired) electrons. The molecular formula is C15H17ClN2O2. The van der Waals surface area contributed by atoms with Crippen molar-refractivity contribution in [1.82, 2.24) is 9.97 Å². The molecule has 4 nitrogen and oxygen atoms in total. The Morgan fingerprint density at radius 3 is 2.65 bits per heavy atom. The lowest BCUT2D eigenvalue weighted by Crippen LogP contribution is -2.00. The van der Waals surface area contributed by atoms with Crippen molar-refractivity contribution < 1.29 is 9.47 Å². The van der Waals surface area contributed by atoms with E-state index in [1.807, 2.05) is 45.0 Å². The van der Waals surface area contributed by atoms with Gasteiger partial charge >= 0.3 is 0 Å². The highest BCUT2D eigenvalue weighted by atomic mass is 35.5. The van der Waals surface area contributed by atoms with E-state index >= 15 is 0 Å². The summed E-state index contributed by atoms with van der Waals surface area (Å²) >= 11 is 6.12. The van der Waals surface area contributed by atoms with Crippen molar-refractivity contribution in [3.63, 3.8) is 0 Å². The van der Waals surface area contributed by atoms with E-state index in [0.717, 1.165) is 11.3 Å². The van der Waals surface area contributed by atoms with Gasteiger partial charge in [0.25, 0.3) is 0 Å². The maximum atomic E-state index is 6.12. The first kappa shape index (κ1) is 14.6. The Labute approximate surface area is 123 Å². The van der Waals surface area contributed by atoms with Crippen molar-refractivity contribution in [1.29, 1.82) is 0 Å². The highest BCUT2D eigenvalue weighted by Gasteiger charge is 2.15. The van der Waals surface area contributed by atoms with Crippen LogP contribution in [0.3, 0.4) is 0 Å². The first-order chi connectivity index (χ1) is 9.61. The Morgan fingerprint density at radius 1 is 1.20 bits per heavy atom. The van der Waals surface area contributed by atoms with E-state index in [1.54, 1.807) is 0 Å². The normalized spacial score (nSPS) is 10.7. The number of rotatable bonds is 5. The fourth-order valence-corrected chi connectivity index (χ4v) is 2.17. The number of ether oxygens (including phenoxy) is 2. The molecule has 0 aliphatic rings. The Kier molecular flexibility index (Phi) is 4.79. The fourth-order valence-electron chi connectivity index (χ4n) is 1.83. The van der Waals surface area contributed by atoms with Gasteiger partial charge in [-0.05, 0) is 25.0 Å². The van der Waals surface area contributed by atoms with Crippen LogP contribution in [0.4, 0.5) is 0 Å². The van der Waals surface area contributed by atoms with E-state index in [0.29, 0.717) is 23.4 Å². The standard InChI is InChI=1S/C15H17ClN2O2/c1-4-19-11-6-5-7-12(8-11)20-15-13(10(2)3)14(16)17-9-18-15/h5-10H,4H2,1-3H3. The lowest BCUT2D eigenvalue weighted by atomic mass is 10.1. The first-order valence-electron chi connectivity index (χ1n) is 6.53. The van der Waals surface area contributed by atoms with Crippen LogP contribution in [-0.4, -0.2) is 16.6 Å². The van der Waals surface area contributed by atoms with Crippen molar-refractivity contribution in [2.75, 3.05) is 6.61 Å². The minimum absolute atomic E-state index is 0.175. The monoisotopic (exact) mass is 292 g/mol. The van der Waals surface area contributed by atoms with Gasteiger partial charge in [-0.25, -0.2) is 9.97 Å². The molecule has 2 rings (SSSR count). The molecule has 0 aliphatic heterocycles. The third-order valence-electron chi connectivity index (χ3n) is 2.71. The van der Waals surface area contributed by atoms with Crippen LogP contribution in [0.15, 0.2) is 30.6 Å². The maximum Gasteiger partial charge on any atom is 0.227 e.